The number of benzene rings is 1. The summed E-state index contributed by atoms with van der Waals surface area (Å²) < 4.78 is 14.9. The summed E-state index contributed by atoms with van der Waals surface area (Å²) in [6.07, 6.45) is 4.05. The Balaban J connectivity index is 2.16. The van der Waals surface area contributed by atoms with Gasteiger partial charge in [0, 0.05) is 30.4 Å². The van der Waals surface area contributed by atoms with Gasteiger partial charge in [-0.2, -0.15) is 0 Å². The van der Waals surface area contributed by atoms with E-state index in [-0.39, 0.29) is 5.82 Å². The fourth-order valence-electron chi connectivity index (χ4n) is 2.03. The Kier molecular flexibility index (Phi) is 4.56. The van der Waals surface area contributed by atoms with Gasteiger partial charge in [0.05, 0.1) is 0 Å². The maximum absolute atomic E-state index is 13.0. The highest BCUT2D eigenvalue weighted by atomic mass is 35.5. The maximum atomic E-state index is 13.0. The molecule has 0 amide bonds. The number of hydrogen-bond donors (Lipinski definition) is 1. The normalized spacial score (nSPS) is 12.6. The molecular weight excluding hydrogens is 267 g/mol. The number of aromatic nitrogens is 2. The number of aliphatic hydroxyl groups excluding tert-OH is 1. The topological polar surface area (TPSA) is 38.0 Å². The van der Waals surface area contributed by atoms with Crippen molar-refractivity contribution in [1.82, 2.24) is 9.55 Å². The number of aliphatic hydroxyl groups is 1. The van der Waals surface area contributed by atoms with Gasteiger partial charge in [-0.3, -0.25) is 0 Å². The van der Waals surface area contributed by atoms with Gasteiger partial charge in [-0.15, -0.1) is 0 Å². The van der Waals surface area contributed by atoms with Crippen LogP contribution in [0.2, 0.25) is 5.02 Å². The van der Waals surface area contributed by atoms with Crippen molar-refractivity contribution in [1.29, 1.82) is 0 Å². The van der Waals surface area contributed by atoms with Crippen LogP contribution in [0, 0.1) is 5.82 Å². The largest absolute Gasteiger partial charge is 0.385 e. The fraction of sp³-hybridized carbons (Fsp3) is 0.357. The molecule has 0 aliphatic rings. The van der Waals surface area contributed by atoms with Crippen LogP contribution in [0.3, 0.4) is 0 Å². The van der Waals surface area contributed by atoms with Crippen molar-refractivity contribution in [2.24, 2.45) is 0 Å². The molecule has 1 N–H and O–H groups in total. The molecular formula is C14H16ClFN2O. The van der Waals surface area contributed by atoms with Crippen LogP contribution in [0.15, 0.2) is 30.6 Å². The lowest BCUT2D eigenvalue weighted by molar-refractivity contribution is 0.163. The number of aryl methyl sites for hydroxylation is 1. The third-order valence-electron chi connectivity index (χ3n) is 2.94. The van der Waals surface area contributed by atoms with Gasteiger partial charge in [0.2, 0.25) is 0 Å². The van der Waals surface area contributed by atoms with Crippen LogP contribution in [0.25, 0.3) is 0 Å². The van der Waals surface area contributed by atoms with Crippen molar-refractivity contribution >= 4 is 11.6 Å². The Bertz CT molecular complexity index is 556. The molecule has 0 bridgehead atoms. The summed E-state index contributed by atoms with van der Waals surface area (Å²) in [6.45, 7) is 2.87. The average molecular weight is 283 g/mol. The Morgan fingerprint density at radius 3 is 2.95 bits per heavy atom. The zero-order valence-electron chi connectivity index (χ0n) is 10.7. The van der Waals surface area contributed by atoms with E-state index in [2.05, 4.69) is 11.9 Å². The molecule has 1 aromatic heterocycles. The first-order valence-corrected chi connectivity index (χ1v) is 6.62. The van der Waals surface area contributed by atoms with E-state index < -0.39 is 6.10 Å². The number of rotatable bonds is 5. The van der Waals surface area contributed by atoms with E-state index in [1.807, 2.05) is 10.8 Å². The Hall–Kier alpha value is -1.39. The Morgan fingerprint density at radius 1 is 1.47 bits per heavy atom. The summed E-state index contributed by atoms with van der Waals surface area (Å²) in [7, 11) is 0. The molecule has 2 rings (SSSR count). The first-order chi connectivity index (χ1) is 9.11. The lowest BCUT2D eigenvalue weighted by atomic mass is 10.1. The SMILES string of the molecule is CCCn1ccnc1C(O)Cc1ccc(F)cc1Cl. The fourth-order valence-corrected chi connectivity index (χ4v) is 2.28. The van der Waals surface area contributed by atoms with Crippen molar-refractivity contribution in [3.05, 3.63) is 52.8 Å². The molecule has 0 saturated heterocycles. The van der Waals surface area contributed by atoms with Gasteiger partial charge < -0.3 is 9.67 Å². The molecule has 0 radical (unpaired) electrons. The van der Waals surface area contributed by atoms with Crippen LogP contribution in [0.1, 0.15) is 30.8 Å². The number of hydrogen-bond acceptors (Lipinski definition) is 2. The van der Waals surface area contributed by atoms with Gasteiger partial charge in [0.1, 0.15) is 17.7 Å². The number of halogens is 2. The lowest BCUT2D eigenvalue weighted by Crippen LogP contribution is -2.11. The van der Waals surface area contributed by atoms with Crippen LogP contribution in [0.4, 0.5) is 4.39 Å². The minimum Gasteiger partial charge on any atom is -0.385 e. The van der Waals surface area contributed by atoms with Gasteiger partial charge in [-0.1, -0.05) is 24.6 Å². The molecule has 0 fully saturated rings. The van der Waals surface area contributed by atoms with E-state index in [1.54, 1.807) is 12.3 Å². The highest BCUT2D eigenvalue weighted by Crippen LogP contribution is 2.23. The molecule has 1 atom stereocenters. The molecule has 5 heteroatoms. The van der Waals surface area contributed by atoms with Gasteiger partial charge in [-0.25, -0.2) is 9.37 Å². The van der Waals surface area contributed by atoms with Crippen LogP contribution in [0.5, 0.6) is 0 Å². The monoisotopic (exact) mass is 282 g/mol. The van der Waals surface area contributed by atoms with Crippen molar-refractivity contribution in [3.8, 4) is 0 Å². The first-order valence-electron chi connectivity index (χ1n) is 6.24. The minimum atomic E-state index is -0.746. The van der Waals surface area contributed by atoms with Gasteiger partial charge in [-0.05, 0) is 24.1 Å². The molecule has 1 unspecified atom stereocenters. The van der Waals surface area contributed by atoms with E-state index in [1.165, 1.54) is 12.1 Å². The Labute approximate surface area is 116 Å². The predicted molar refractivity (Wildman–Crippen MR) is 72.6 cm³/mol. The molecule has 0 saturated carbocycles. The molecule has 1 aromatic carbocycles. The number of nitrogens with zero attached hydrogens (tertiary/aromatic N) is 2. The van der Waals surface area contributed by atoms with E-state index in [0.29, 0.717) is 22.8 Å². The third kappa shape index (κ3) is 3.33. The van der Waals surface area contributed by atoms with Crippen molar-refractivity contribution < 1.29 is 9.50 Å². The molecule has 1 heterocycles. The van der Waals surface area contributed by atoms with Crippen molar-refractivity contribution in [2.75, 3.05) is 0 Å². The molecule has 19 heavy (non-hydrogen) atoms. The van der Waals surface area contributed by atoms with Crippen LogP contribution < -0.4 is 0 Å². The summed E-state index contributed by atoms with van der Waals surface area (Å²) >= 11 is 5.96. The summed E-state index contributed by atoms with van der Waals surface area (Å²) in [6, 6.07) is 4.18. The minimum absolute atomic E-state index is 0.319. The molecule has 102 valence electrons. The number of imidazole rings is 1. The quantitative estimate of drug-likeness (QED) is 0.913. The van der Waals surface area contributed by atoms with Crippen LogP contribution in [-0.4, -0.2) is 14.7 Å². The zero-order valence-corrected chi connectivity index (χ0v) is 11.4. The lowest BCUT2D eigenvalue weighted by Gasteiger charge is -2.13. The second kappa shape index (κ2) is 6.17. The van der Waals surface area contributed by atoms with Gasteiger partial charge in [0.25, 0.3) is 0 Å². The Morgan fingerprint density at radius 2 is 2.26 bits per heavy atom. The highest BCUT2D eigenvalue weighted by Gasteiger charge is 2.16. The highest BCUT2D eigenvalue weighted by molar-refractivity contribution is 6.31. The maximum Gasteiger partial charge on any atom is 0.137 e. The molecule has 2 aromatic rings. The molecule has 0 aliphatic heterocycles. The summed E-state index contributed by atoms with van der Waals surface area (Å²) in [4.78, 5) is 4.17. The van der Waals surface area contributed by atoms with E-state index in [0.717, 1.165) is 13.0 Å². The summed E-state index contributed by atoms with van der Waals surface area (Å²) in [5, 5.41) is 10.6. The van der Waals surface area contributed by atoms with Crippen LogP contribution in [-0.2, 0) is 13.0 Å². The predicted octanol–water partition coefficient (Wildman–Crippen LogP) is 3.36. The second-order valence-electron chi connectivity index (χ2n) is 4.43. The van der Waals surface area contributed by atoms with E-state index in [9.17, 15) is 9.50 Å². The third-order valence-corrected chi connectivity index (χ3v) is 3.29. The smallest absolute Gasteiger partial charge is 0.137 e. The van der Waals surface area contributed by atoms with Crippen LogP contribution >= 0.6 is 11.6 Å². The van der Waals surface area contributed by atoms with E-state index >= 15 is 0 Å². The molecule has 3 nitrogen and oxygen atoms in total. The van der Waals surface area contributed by atoms with Gasteiger partial charge >= 0.3 is 0 Å². The standard InChI is InChI=1S/C14H16ClFN2O/c1-2-6-18-7-5-17-14(18)13(19)8-10-3-4-11(16)9-12(10)15/h3-5,7,9,13,19H,2,6,8H2,1H3. The van der Waals surface area contributed by atoms with Crippen molar-refractivity contribution in [3.63, 3.8) is 0 Å². The zero-order chi connectivity index (χ0) is 13.8. The molecule has 0 aliphatic carbocycles. The summed E-state index contributed by atoms with van der Waals surface area (Å²) in [5.41, 5.74) is 0.710. The molecule has 0 spiro atoms. The van der Waals surface area contributed by atoms with Crippen molar-refractivity contribution in [2.45, 2.75) is 32.4 Å². The van der Waals surface area contributed by atoms with Gasteiger partial charge in [0.15, 0.2) is 0 Å². The van der Waals surface area contributed by atoms with E-state index in [4.69, 9.17) is 11.6 Å². The average Bonchev–Trinajstić information content (AvgIpc) is 2.81. The second-order valence-corrected chi connectivity index (χ2v) is 4.84. The summed E-state index contributed by atoms with van der Waals surface area (Å²) in [5.74, 6) is 0.234. The first kappa shape index (κ1) is 14.0.